The second-order valence-electron chi connectivity index (χ2n) is 6.17. The van der Waals surface area contributed by atoms with Crippen LogP contribution in [0.25, 0.3) is 15.9 Å². The van der Waals surface area contributed by atoms with Crippen LogP contribution in [0.15, 0.2) is 63.5 Å². The van der Waals surface area contributed by atoms with E-state index in [0.29, 0.717) is 20.8 Å². The second kappa shape index (κ2) is 6.79. The molecule has 0 fully saturated rings. The highest BCUT2D eigenvalue weighted by Crippen LogP contribution is 2.21. The van der Waals surface area contributed by atoms with Crippen molar-refractivity contribution in [1.29, 1.82) is 0 Å². The van der Waals surface area contributed by atoms with E-state index in [1.54, 1.807) is 36.6 Å². The number of hydrogen-bond acceptors (Lipinski definition) is 3. The topological polar surface area (TPSA) is 44.0 Å². The Kier molecular flexibility index (Phi) is 4.45. The van der Waals surface area contributed by atoms with E-state index in [2.05, 4.69) is 0 Å². The number of fused-ring (bicyclic) bond motifs is 1. The summed E-state index contributed by atoms with van der Waals surface area (Å²) < 4.78 is 17.0. The van der Waals surface area contributed by atoms with Crippen LogP contribution in [-0.4, -0.2) is 9.13 Å². The molecule has 0 aliphatic carbocycles. The summed E-state index contributed by atoms with van der Waals surface area (Å²) in [5, 5.41) is 2.29. The Bertz CT molecular complexity index is 1290. The standard InChI is InChI=1S/C20H14ClFN2O2S/c1-12-6-7-14(10-16(12)22)24-19(25)18-17(8-9-27-18)23(20(24)26)11-13-4-2-3-5-15(13)21/h2-10H,11H2,1H3. The minimum atomic E-state index is -0.533. The molecule has 7 heteroatoms. The molecule has 2 heterocycles. The van der Waals surface area contributed by atoms with Gasteiger partial charge in [-0.3, -0.25) is 9.36 Å². The SMILES string of the molecule is Cc1ccc(-n2c(=O)c3sccc3n(Cc3ccccc3Cl)c2=O)cc1F. The van der Waals surface area contributed by atoms with E-state index in [1.807, 2.05) is 18.2 Å². The fraction of sp³-hybridized carbons (Fsp3) is 0.100. The third kappa shape index (κ3) is 3.01. The monoisotopic (exact) mass is 400 g/mol. The van der Waals surface area contributed by atoms with Gasteiger partial charge in [-0.05, 0) is 47.7 Å². The smallest absolute Gasteiger partial charge is 0.288 e. The van der Waals surface area contributed by atoms with Gasteiger partial charge < -0.3 is 0 Å². The molecule has 0 aliphatic rings. The van der Waals surface area contributed by atoms with Gasteiger partial charge in [-0.2, -0.15) is 0 Å². The molecule has 2 aromatic heterocycles. The predicted molar refractivity (Wildman–Crippen MR) is 107 cm³/mol. The third-order valence-corrected chi connectivity index (χ3v) is 5.72. The minimum Gasteiger partial charge on any atom is -0.288 e. The highest BCUT2D eigenvalue weighted by atomic mass is 35.5. The summed E-state index contributed by atoms with van der Waals surface area (Å²) in [5.74, 6) is -0.470. The Morgan fingerprint density at radius 2 is 1.89 bits per heavy atom. The number of nitrogens with zero attached hydrogens (tertiary/aromatic N) is 2. The molecule has 4 rings (SSSR count). The third-order valence-electron chi connectivity index (χ3n) is 4.45. The molecule has 0 saturated heterocycles. The molecule has 0 radical (unpaired) electrons. The predicted octanol–water partition coefficient (Wildman–Crippen LogP) is 4.36. The van der Waals surface area contributed by atoms with Crippen LogP contribution in [0.4, 0.5) is 4.39 Å². The first-order chi connectivity index (χ1) is 13.0. The van der Waals surface area contributed by atoms with Crippen molar-refractivity contribution in [2.45, 2.75) is 13.5 Å². The van der Waals surface area contributed by atoms with Crippen LogP contribution in [0.5, 0.6) is 0 Å². The van der Waals surface area contributed by atoms with Crippen LogP contribution in [0.2, 0.25) is 5.02 Å². The molecule has 0 aliphatic heterocycles. The highest BCUT2D eigenvalue weighted by molar-refractivity contribution is 7.17. The maximum Gasteiger partial charge on any atom is 0.336 e. The Morgan fingerprint density at radius 1 is 1.11 bits per heavy atom. The normalized spacial score (nSPS) is 11.2. The molecule has 0 spiro atoms. The van der Waals surface area contributed by atoms with Crippen molar-refractivity contribution < 1.29 is 4.39 Å². The molecule has 4 aromatic rings. The van der Waals surface area contributed by atoms with Gasteiger partial charge in [0.2, 0.25) is 0 Å². The molecule has 0 unspecified atom stereocenters. The number of rotatable bonds is 3. The summed E-state index contributed by atoms with van der Waals surface area (Å²) in [4.78, 5) is 26.1. The highest BCUT2D eigenvalue weighted by Gasteiger charge is 2.17. The van der Waals surface area contributed by atoms with E-state index in [1.165, 1.54) is 22.0 Å². The van der Waals surface area contributed by atoms with E-state index in [9.17, 15) is 14.0 Å². The Morgan fingerprint density at radius 3 is 2.63 bits per heavy atom. The molecule has 0 amide bonds. The van der Waals surface area contributed by atoms with Crippen molar-refractivity contribution in [3.63, 3.8) is 0 Å². The number of thiophene rings is 1. The quantitative estimate of drug-likeness (QED) is 0.512. The molecular weight excluding hydrogens is 387 g/mol. The fourth-order valence-corrected chi connectivity index (χ4v) is 4.01. The van der Waals surface area contributed by atoms with Crippen molar-refractivity contribution in [2.24, 2.45) is 0 Å². The van der Waals surface area contributed by atoms with Gasteiger partial charge >= 0.3 is 5.69 Å². The molecule has 0 atom stereocenters. The molecule has 2 aromatic carbocycles. The van der Waals surface area contributed by atoms with Crippen LogP contribution in [0, 0.1) is 12.7 Å². The van der Waals surface area contributed by atoms with Gasteiger partial charge in [-0.15, -0.1) is 11.3 Å². The van der Waals surface area contributed by atoms with Crippen LogP contribution >= 0.6 is 22.9 Å². The van der Waals surface area contributed by atoms with Crippen molar-refractivity contribution >= 4 is 33.2 Å². The Balaban J connectivity index is 2.01. The van der Waals surface area contributed by atoms with Crippen LogP contribution in [0.3, 0.4) is 0 Å². The summed E-state index contributed by atoms with van der Waals surface area (Å²) in [6, 6.07) is 13.3. The first-order valence-corrected chi connectivity index (χ1v) is 9.46. The van der Waals surface area contributed by atoms with E-state index in [4.69, 9.17) is 11.6 Å². The summed E-state index contributed by atoms with van der Waals surface area (Å²) in [5.41, 5.74) is 0.960. The van der Waals surface area contributed by atoms with Crippen molar-refractivity contribution in [3.8, 4) is 5.69 Å². The number of hydrogen-bond donors (Lipinski definition) is 0. The Hall–Kier alpha value is -2.70. The maximum absolute atomic E-state index is 14.0. The molecular formula is C20H14ClFN2O2S. The molecule has 0 saturated carbocycles. The van der Waals surface area contributed by atoms with Crippen molar-refractivity contribution in [3.05, 3.63) is 96.7 Å². The molecule has 0 bridgehead atoms. The zero-order valence-electron chi connectivity index (χ0n) is 14.3. The second-order valence-corrected chi connectivity index (χ2v) is 7.49. The average molecular weight is 401 g/mol. The Labute approximate surface area is 162 Å². The van der Waals surface area contributed by atoms with E-state index < -0.39 is 17.1 Å². The van der Waals surface area contributed by atoms with Crippen LogP contribution in [0.1, 0.15) is 11.1 Å². The number of benzene rings is 2. The van der Waals surface area contributed by atoms with Gasteiger partial charge in [-0.25, -0.2) is 13.8 Å². The van der Waals surface area contributed by atoms with Crippen LogP contribution in [-0.2, 0) is 6.54 Å². The van der Waals surface area contributed by atoms with Gasteiger partial charge in [0.15, 0.2) is 0 Å². The van der Waals surface area contributed by atoms with Gasteiger partial charge in [0.05, 0.1) is 17.7 Å². The molecule has 4 nitrogen and oxygen atoms in total. The summed E-state index contributed by atoms with van der Waals surface area (Å²) >= 11 is 7.49. The summed E-state index contributed by atoms with van der Waals surface area (Å²) in [7, 11) is 0. The molecule has 0 N–H and O–H groups in total. The lowest BCUT2D eigenvalue weighted by atomic mass is 10.2. The first-order valence-electron chi connectivity index (χ1n) is 8.20. The van der Waals surface area contributed by atoms with Crippen molar-refractivity contribution in [2.75, 3.05) is 0 Å². The zero-order chi connectivity index (χ0) is 19.1. The van der Waals surface area contributed by atoms with Crippen molar-refractivity contribution in [1.82, 2.24) is 9.13 Å². The first kappa shape index (κ1) is 17.7. The van der Waals surface area contributed by atoms with Crippen LogP contribution < -0.4 is 11.2 Å². The summed E-state index contributed by atoms with van der Waals surface area (Å²) in [6.07, 6.45) is 0. The molecule has 27 heavy (non-hydrogen) atoms. The largest absolute Gasteiger partial charge is 0.336 e. The van der Waals surface area contributed by atoms with E-state index in [-0.39, 0.29) is 12.2 Å². The average Bonchev–Trinajstić information content (AvgIpc) is 3.13. The maximum atomic E-state index is 14.0. The minimum absolute atomic E-state index is 0.205. The van der Waals surface area contributed by atoms with Gasteiger partial charge in [-0.1, -0.05) is 35.9 Å². The van der Waals surface area contributed by atoms with Gasteiger partial charge in [0, 0.05) is 5.02 Å². The summed E-state index contributed by atoms with van der Waals surface area (Å²) in [6.45, 7) is 1.83. The number of aromatic nitrogens is 2. The van der Waals surface area contributed by atoms with Gasteiger partial charge in [0.25, 0.3) is 5.56 Å². The fourth-order valence-electron chi connectivity index (χ4n) is 2.99. The zero-order valence-corrected chi connectivity index (χ0v) is 15.9. The number of aryl methyl sites for hydroxylation is 1. The van der Waals surface area contributed by atoms with Gasteiger partial charge in [0.1, 0.15) is 10.5 Å². The number of halogens is 2. The lowest BCUT2D eigenvalue weighted by molar-refractivity contribution is 0.615. The van der Waals surface area contributed by atoms with E-state index >= 15 is 0 Å². The molecule has 136 valence electrons. The lowest BCUT2D eigenvalue weighted by Gasteiger charge is -2.13. The lowest BCUT2D eigenvalue weighted by Crippen LogP contribution is -2.38. The van der Waals surface area contributed by atoms with E-state index in [0.717, 1.165) is 10.1 Å².